The number of hydrogen-bond donors (Lipinski definition) is 0. The van der Waals surface area contributed by atoms with Crippen molar-refractivity contribution in [1.82, 2.24) is 0 Å². The normalized spacial score (nSPS) is 17.3. The Bertz CT molecular complexity index is 441. The maximum Gasteiger partial charge on any atom is 0.192 e. The molecule has 0 atom stereocenters. The summed E-state index contributed by atoms with van der Waals surface area (Å²) in [6, 6.07) is 4.34. The molecule has 0 heterocycles. The van der Waals surface area contributed by atoms with Crippen molar-refractivity contribution in [2.24, 2.45) is 11.8 Å². The fourth-order valence-electron chi connectivity index (χ4n) is 3.91. The van der Waals surface area contributed by atoms with Crippen LogP contribution in [-0.2, 0) is 11.8 Å². The molecule has 0 radical (unpaired) electrons. The van der Waals surface area contributed by atoms with E-state index in [2.05, 4.69) is 46.8 Å². The van der Waals surface area contributed by atoms with Gasteiger partial charge in [-0.05, 0) is 48.8 Å². The first-order chi connectivity index (χ1) is 8.45. The Morgan fingerprint density at radius 1 is 1.17 bits per heavy atom. The summed E-state index contributed by atoms with van der Waals surface area (Å²) < 4.78 is 5.64. The molecule has 18 heavy (non-hydrogen) atoms. The van der Waals surface area contributed by atoms with Crippen molar-refractivity contribution in [3.05, 3.63) is 28.8 Å². The molecule has 1 nitrogen and oxygen atoms in total. The Morgan fingerprint density at radius 2 is 1.78 bits per heavy atom. The summed E-state index contributed by atoms with van der Waals surface area (Å²) in [5.74, 6) is 2.37. The molecular weight excluding hydrogens is 335 g/mol. The molecule has 0 amide bonds. The molecule has 0 fully saturated rings. The maximum atomic E-state index is 5.64. The van der Waals surface area contributed by atoms with Gasteiger partial charge in [-0.3, -0.25) is 0 Å². The van der Waals surface area contributed by atoms with Crippen LogP contribution in [-0.4, -0.2) is 0 Å². The van der Waals surface area contributed by atoms with E-state index in [1.165, 1.54) is 29.5 Å². The topological polar surface area (TPSA) is 9.23 Å². The van der Waals surface area contributed by atoms with E-state index in [4.69, 9.17) is 3.07 Å². The van der Waals surface area contributed by atoms with Crippen molar-refractivity contribution in [1.29, 1.82) is 0 Å². The molecule has 1 aliphatic rings. The van der Waals surface area contributed by atoms with Crippen LogP contribution in [0.25, 0.3) is 0 Å². The minimum atomic E-state index is 0.280. The zero-order valence-corrected chi connectivity index (χ0v) is 14.2. The first-order valence-corrected chi connectivity index (χ1v) is 7.74. The van der Waals surface area contributed by atoms with Gasteiger partial charge >= 0.3 is 0 Å². The van der Waals surface area contributed by atoms with E-state index in [0.29, 0.717) is 11.8 Å². The second kappa shape index (κ2) is 5.03. The number of benzene rings is 1. The molecule has 0 saturated carbocycles. The molecule has 0 aliphatic heterocycles. The molecule has 0 spiro atoms. The van der Waals surface area contributed by atoms with Gasteiger partial charge in [0, 0.05) is 11.0 Å². The molecule has 0 saturated heterocycles. The number of halogens is 1. The monoisotopic (exact) mass is 358 g/mol. The summed E-state index contributed by atoms with van der Waals surface area (Å²) in [6.45, 7) is 11.7. The lowest BCUT2D eigenvalue weighted by Crippen LogP contribution is -2.35. The first-order valence-electron chi connectivity index (χ1n) is 6.86. The van der Waals surface area contributed by atoms with Crippen LogP contribution in [0.3, 0.4) is 0 Å². The van der Waals surface area contributed by atoms with Crippen LogP contribution in [0.15, 0.2) is 12.1 Å². The van der Waals surface area contributed by atoms with Crippen LogP contribution in [0.2, 0.25) is 0 Å². The molecule has 1 aromatic rings. The van der Waals surface area contributed by atoms with E-state index in [9.17, 15) is 0 Å². The van der Waals surface area contributed by atoms with Crippen LogP contribution in [0.4, 0.5) is 0 Å². The smallest absolute Gasteiger partial charge is 0.192 e. The van der Waals surface area contributed by atoms with Crippen LogP contribution < -0.4 is 3.07 Å². The highest BCUT2D eigenvalue weighted by Crippen LogP contribution is 2.53. The molecule has 0 aromatic heterocycles. The van der Waals surface area contributed by atoms with Crippen LogP contribution in [0, 0.1) is 18.8 Å². The zero-order chi connectivity index (χ0) is 13.5. The number of fused-ring (bicyclic) bond motifs is 1. The predicted octanol–water partition coefficient (Wildman–Crippen LogP) is 5.22. The third-order valence-electron chi connectivity index (χ3n) is 4.91. The molecule has 100 valence electrons. The van der Waals surface area contributed by atoms with Gasteiger partial charge in [0.05, 0.1) is 0 Å². The molecular formula is C16H23IO. The van der Waals surface area contributed by atoms with E-state index in [-0.39, 0.29) is 5.41 Å². The van der Waals surface area contributed by atoms with Crippen LogP contribution in [0.5, 0.6) is 5.75 Å². The summed E-state index contributed by atoms with van der Waals surface area (Å²) >= 11 is 2.02. The summed E-state index contributed by atoms with van der Waals surface area (Å²) in [5, 5.41) is 0. The Labute approximate surface area is 125 Å². The SMILES string of the molecule is Cc1ccc(OI)c2c1CCC2(C(C)C)C(C)C. The quantitative estimate of drug-likeness (QED) is 0.673. The fourth-order valence-corrected chi connectivity index (χ4v) is 4.27. The summed E-state index contributed by atoms with van der Waals surface area (Å²) in [4.78, 5) is 0. The Kier molecular flexibility index (Phi) is 3.96. The molecule has 0 unspecified atom stereocenters. The number of hydrogen-bond acceptors (Lipinski definition) is 1. The van der Waals surface area contributed by atoms with Crippen LogP contribution >= 0.6 is 23.0 Å². The minimum Gasteiger partial charge on any atom is -0.427 e. The molecule has 2 heteroatoms. The van der Waals surface area contributed by atoms with Gasteiger partial charge in [0.2, 0.25) is 0 Å². The summed E-state index contributed by atoms with van der Waals surface area (Å²) in [6.07, 6.45) is 2.46. The van der Waals surface area contributed by atoms with Crippen molar-refractivity contribution in [3.63, 3.8) is 0 Å². The highest BCUT2D eigenvalue weighted by Gasteiger charge is 2.46. The lowest BCUT2D eigenvalue weighted by Gasteiger charge is -2.39. The van der Waals surface area contributed by atoms with E-state index in [0.717, 1.165) is 5.75 Å². The molecule has 1 aromatic carbocycles. The average molecular weight is 358 g/mol. The van der Waals surface area contributed by atoms with Gasteiger partial charge in [0.25, 0.3) is 0 Å². The second-order valence-electron chi connectivity index (χ2n) is 6.16. The van der Waals surface area contributed by atoms with Crippen molar-refractivity contribution in [2.45, 2.75) is 52.9 Å². The van der Waals surface area contributed by atoms with Crippen molar-refractivity contribution >= 4 is 23.0 Å². The Hall–Kier alpha value is -0.250. The van der Waals surface area contributed by atoms with Gasteiger partial charge in [-0.1, -0.05) is 33.8 Å². The molecule has 0 bridgehead atoms. The molecule has 1 aliphatic carbocycles. The van der Waals surface area contributed by atoms with Crippen molar-refractivity contribution < 1.29 is 3.07 Å². The standard InChI is InChI=1S/C16H23IO/c1-10(2)16(11(3)4)9-8-13-12(5)6-7-14(18-17)15(13)16/h6-7,10-11H,8-9H2,1-5H3. The van der Waals surface area contributed by atoms with Gasteiger partial charge < -0.3 is 3.07 Å². The highest BCUT2D eigenvalue weighted by atomic mass is 127. The highest BCUT2D eigenvalue weighted by molar-refractivity contribution is 14.1. The summed E-state index contributed by atoms with van der Waals surface area (Å²) in [5.41, 5.74) is 4.72. The van der Waals surface area contributed by atoms with Gasteiger partial charge in [-0.15, -0.1) is 0 Å². The Morgan fingerprint density at radius 3 is 2.28 bits per heavy atom. The Balaban J connectivity index is 2.71. The fraction of sp³-hybridized carbons (Fsp3) is 0.625. The van der Waals surface area contributed by atoms with E-state index in [1.54, 1.807) is 0 Å². The third kappa shape index (κ3) is 1.87. The van der Waals surface area contributed by atoms with Crippen molar-refractivity contribution in [2.75, 3.05) is 0 Å². The van der Waals surface area contributed by atoms with Gasteiger partial charge in [0.15, 0.2) is 23.0 Å². The largest absolute Gasteiger partial charge is 0.427 e. The van der Waals surface area contributed by atoms with E-state index >= 15 is 0 Å². The zero-order valence-electron chi connectivity index (χ0n) is 12.0. The van der Waals surface area contributed by atoms with E-state index < -0.39 is 0 Å². The van der Waals surface area contributed by atoms with Crippen LogP contribution in [0.1, 0.15) is 50.8 Å². The predicted molar refractivity (Wildman–Crippen MR) is 85.5 cm³/mol. The first kappa shape index (κ1) is 14.2. The lowest BCUT2D eigenvalue weighted by atomic mass is 9.65. The van der Waals surface area contributed by atoms with Gasteiger partial charge in [-0.25, -0.2) is 0 Å². The number of rotatable bonds is 3. The maximum absolute atomic E-state index is 5.64. The second-order valence-corrected chi connectivity index (χ2v) is 6.60. The number of aryl methyl sites for hydroxylation is 1. The lowest BCUT2D eigenvalue weighted by molar-refractivity contribution is 0.216. The summed E-state index contributed by atoms with van der Waals surface area (Å²) in [7, 11) is 0. The molecule has 2 rings (SSSR count). The third-order valence-corrected chi connectivity index (χ3v) is 5.38. The van der Waals surface area contributed by atoms with Gasteiger partial charge in [-0.2, -0.15) is 0 Å². The van der Waals surface area contributed by atoms with Gasteiger partial charge in [0.1, 0.15) is 5.75 Å². The molecule has 0 N–H and O–H groups in total. The van der Waals surface area contributed by atoms with Crippen molar-refractivity contribution in [3.8, 4) is 5.75 Å². The minimum absolute atomic E-state index is 0.280. The average Bonchev–Trinajstić information content (AvgIpc) is 2.72. The van der Waals surface area contributed by atoms with E-state index in [1.807, 2.05) is 23.0 Å².